The van der Waals surface area contributed by atoms with Gasteiger partial charge in [0.05, 0.1) is 24.8 Å². The van der Waals surface area contributed by atoms with Crippen LogP contribution in [-0.2, 0) is 18.2 Å². The van der Waals surface area contributed by atoms with Crippen molar-refractivity contribution in [3.8, 4) is 0 Å². The summed E-state index contributed by atoms with van der Waals surface area (Å²) in [6, 6.07) is 9.39. The van der Waals surface area contributed by atoms with E-state index in [-0.39, 0.29) is 17.9 Å². The van der Waals surface area contributed by atoms with Crippen LogP contribution < -0.4 is 0 Å². The molecule has 1 aliphatic heterocycles. The standard InChI is InChI=1S/C24H28N4O3/c1-16-5-6-18(13-25-16)24(30)28-9-10-31-15-20(28)11-19-14-27(4)22-8-7-17(12-21(19)22)23(29)26(2)3/h5-8,12-14,20H,9-11,15H2,1-4H3/t20-/m0/s1. The van der Waals surface area contributed by atoms with E-state index >= 15 is 0 Å². The minimum absolute atomic E-state index is 0.0236. The molecule has 0 saturated carbocycles. The number of aromatic nitrogens is 2. The van der Waals surface area contributed by atoms with Crippen molar-refractivity contribution in [2.45, 2.75) is 19.4 Å². The molecular formula is C24H28N4O3. The average molecular weight is 421 g/mol. The lowest BCUT2D eigenvalue weighted by Gasteiger charge is -2.35. The van der Waals surface area contributed by atoms with E-state index < -0.39 is 0 Å². The summed E-state index contributed by atoms with van der Waals surface area (Å²) in [7, 11) is 5.50. The quantitative estimate of drug-likeness (QED) is 0.651. The Bertz CT molecular complexity index is 1120. The Balaban J connectivity index is 1.64. The summed E-state index contributed by atoms with van der Waals surface area (Å²) in [5.41, 5.74) is 4.29. The number of aryl methyl sites for hydroxylation is 2. The fourth-order valence-corrected chi connectivity index (χ4v) is 4.13. The molecule has 0 radical (unpaired) electrons. The number of hydrogen-bond donors (Lipinski definition) is 0. The van der Waals surface area contributed by atoms with Gasteiger partial charge in [-0.3, -0.25) is 14.6 Å². The zero-order valence-corrected chi connectivity index (χ0v) is 18.5. The molecule has 1 saturated heterocycles. The van der Waals surface area contributed by atoms with Gasteiger partial charge in [0, 0.05) is 62.2 Å². The van der Waals surface area contributed by atoms with E-state index in [9.17, 15) is 9.59 Å². The fraction of sp³-hybridized carbons (Fsp3) is 0.375. The first kappa shape index (κ1) is 21.1. The molecule has 7 heteroatoms. The van der Waals surface area contributed by atoms with Gasteiger partial charge in [0.1, 0.15) is 0 Å². The highest BCUT2D eigenvalue weighted by atomic mass is 16.5. The predicted molar refractivity (Wildman–Crippen MR) is 119 cm³/mol. The van der Waals surface area contributed by atoms with Crippen molar-refractivity contribution in [3.05, 3.63) is 65.1 Å². The molecule has 162 valence electrons. The monoisotopic (exact) mass is 420 g/mol. The minimum Gasteiger partial charge on any atom is -0.377 e. The maximum absolute atomic E-state index is 13.2. The van der Waals surface area contributed by atoms with Crippen LogP contribution in [0.4, 0.5) is 0 Å². The molecule has 0 unspecified atom stereocenters. The van der Waals surface area contributed by atoms with E-state index in [1.54, 1.807) is 25.2 Å². The first-order chi connectivity index (χ1) is 14.8. The number of pyridine rings is 1. The maximum atomic E-state index is 13.2. The second-order valence-electron chi connectivity index (χ2n) is 8.32. The molecular weight excluding hydrogens is 392 g/mol. The molecule has 1 fully saturated rings. The first-order valence-corrected chi connectivity index (χ1v) is 10.5. The largest absolute Gasteiger partial charge is 0.377 e. The van der Waals surface area contributed by atoms with Crippen LogP contribution in [-0.4, -0.2) is 71.1 Å². The Hall–Kier alpha value is -3.19. The van der Waals surface area contributed by atoms with Gasteiger partial charge in [0.2, 0.25) is 0 Å². The number of nitrogens with zero attached hydrogens (tertiary/aromatic N) is 4. The lowest BCUT2D eigenvalue weighted by atomic mass is 10.0. The summed E-state index contributed by atoms with van der Waals surface area (Å²) in [4.78, 5) is 33.4. The van der Waals surface area contributed by atoms with Gasteiger partial charge in [0.25, 0.3) is 11.8 Å². The molecule has 3 aromatic rings. The molecule has 2 aromatic heterocycles. The SMILES string of the molecule is Cc1ccc(C(=O)N2CCOC[C@@H]2Cc2cn(C)c3ccc(C(=O)N(C)C)cc23)cn1. The zero-order valence-electron chi connectivity index (χ0n) is 18.5. The van der Waals surface area contributed by atoms with Crippen molar-refractivity contribution >= 4 is 22.7 Å². The summed E-state index contributed by atoms with van der Waals surface area (Å²) in [6.07, 6.45) is 4.38. The smallest absolute Gasteiger partial charge is 0.255 e. The number of fused-ring (bicyclic) bond motifs is 1. The molecule has 1 aliphatic rings. The van der Waals surface area contributed by atoms with Gasteiger partial charge in [-0.05, 0) is 49.2 Å². The van der Waals surface area contributed by atoms with E-state index in [1.165, 1.54) is 0 Å². The van der Waals surface area contributed by atoms with Crippen LogP contribution in [0.15, 0.2) is 42.7 Å². The Morgan fingerprint density at radius 3 is 2.68 bits per heavy atom. The Morgan fingerprint density at radius 1 is 1.19 bits per heavy atom. The Labute approximate surface area is 182 Å². The fourth-order valence-electron chi connectivity index (χ4n) is 4.13. The predicted octanol–water partition coefficient (Wildman–Crippen LogP) is 2.67. The van der Waals surface area contributed by atoms with Crippen LogP contribution in [0.3, 0.4) is 0 Å². The van der Waals surface area contributed by atoms with Crippen molar-refractivity contribution in [1.82, 2.24) is 19.4 Å². The van der Waals surface area contributed by atoms with Crippen molar-refractivity contribution in [2.24, 2.45) is 7.05 Å². The van der Waals surface area contributed by atoms with Crippen LogP contribution in [0.5, 0.6) is 0 Å². The molecule has 2 amide bonds. The number of ether oxygens (including phenoxy) is 1. The van der Waals surface area contributed by atoms with Crippen LogP contribution in [0.25, 0.3) is 10.9 Å². The summed E-state index contributed by atoms with van der Waals surface area (Å²) < 4.78 is 7.79. The number of rotatable bonds is 4. The van der Waals surface area contributed by atoms with Crippen LogP contribution >= 0.6 is 0 Å². The van der Waals surface area contributed by atoms with Gasteiger partial charge in [-0.15, -0.1) is 0 Å². The van der Waals surface area contributed by atoms with Crippen LogP contribution in [0.1, 0.15) is 32.0 Å². The van der Waals surface area contributed by atoms with E-state index in [4.69, 9.17) is 4.74 Å². The maximum Gasteiger partial charge on any atom is 0.255 e. The van der Waals surface area contributed by atoms with Gasteiger partial charge in [0.15, 0.2) is 0 Å². The molecule has 1 atom stereocenters. The highest BCUT2D eigenvalue weighted by Crippen LogP contribution is 2.26. The molecule has 0 N–H and O–H groups in total. The molecule has 7 nitrogen and oxygen atoms in total. The second-order valence-corrected chi connectivity index (χ2v) is 8.32. The lowest BCUT2D eigenvalue weighted by molar-refractivity contribution is -0.00158. The van der Waals surface area contributed by atoms with Gasteiger partial charge in [-0.2, -0.15) is 0 Å². The molecule has 0 bridgehead atoms. The highest BCUT2D eigenvalue weighted by Gasteiger charge is 2.29. The molecule has 4 rings (SSSR count). The third-order valence-corrected chi connectivity index (χ3v) is 5.83. The number of carbonyl (C=O) groups excluding carboxylic acids is 2. The topological polar surface area (TPSA) is 67.7 Å². The van der Waals surface area contributed by atoms with Gasteiger partial charge in [-0.1, -0.05) is 0 Å². The van der Waals surface area contributed by atoms with E-state index in [0.29, 0.717) is 37.3 Å². The van der Waals surface area contributed by atoms with E-state index in [1.807, 2.05) is 49.2 Å². The number of hydrogen-bond acceptors (Lipinski definition) is 4. The summed E-state index contributed by atoms with van der Waals surface area (Å²) >= 11 is 0. The zero-order chi connectivity index (χ0) is 22.1. The molecule has 1 aromatic carbocycles. The van der Waals surface area contributed by atoms with Gasteiger partial charge < -0.3 is 19.1 Å². The third-order valence-electron chi connectivity index (χ3n) is 5.83. The first-order valence-electron chi connectivity index (χ1n) is 10.5. The molecule has 31 heavy (non-hydrogen) atoms. The molecule has 0 aliphatic carbocycles. The van der Waals surface area contributed by atoms with Crippen molar-refractivity contribution in [3.63, 3.8) is 0 Å². The van der Waals surface area contributed by atoms with Crippen molar-refractivity contribution in [2.75, 3.05) is 33.9 Å². The Kier molecular flexibility index (Phi) is 5.78. The van der Waals surface area contributed by atoms with E-state index in [0.717, 1.165) is 22.2 Å². The van der Waals surface area contributed by atoms with Crippen LogP contribution in [0.2, 0.25) is 0 Å². The van der Waals surface area contributed by atoms with Crippen LogP contribution in [0, 0.1) is 6.92 Å². The van der Waals surface area contributed by atoms with Gasteiger partial charge >= 0.3 is 0 Å². The minimum atomic E-state index is -0.0821. The lowest BCUT2D eigenvalue weighted by Crippen LogP contribution is -2.49. The van der Waals surface area contributed by atoms with Crippen molar-refractivity contribution in [1.29, 1.82) is 0 Å². The van der Waals surface area contributed by atoms with E-state index in [2.05, 4.69) is 15.7 Å². The number of amides is 2. The number of benzene rings is 1. The number of morpholine rings is 1. The van der Waals surface area contributed by atoms with Crippen molar-refractivity contribution < 1.29 is 14.3 Å². The normalized spacial score (nSPS) is 16.5. The molecule has 0 spiro atoms. The summed E-state index contributed by atoms with van der Waals surface area (Å²) in [5.74, 6) is -0.0501. The average Bonchev–Trinajstić information content (AvgIpc) is 3.08. The third kappa shape index (κ3) is 4.18. The summed E-state index contributed by atoms with van der Waals surface area (Å²) in [5, 5.41) is 1.03. The second kappa shape index (κ2) is 8.51. The summed E-state index contributed by atoms with van der Waals surface area (Å²) in [6.45, 7) is 3.46. The number of carbonyl (C=O) groups is 2. The Morgan fingerprint density at radius 2 is 1.97 bits per heavy atom. The van der Waals surface area contributed by atoms with Gasteiger partial charge in [-0.25, -0.2) is 0 Å². The molecule has 3 heterocycles. The highest BCUT2D eigenvalue weighted by molar-refractivity contribution is 5.99.